The second kappa shape index (κ2) is 13.1. The summed E-state index contributed by atoms with van der Waals surface area (Å²) in [5.41, 5.74) is 2.96. The van der Waals surface area contributed by atoms with Gasteiger partial charge in [-0.05, 0) is 69.6 Å². The number of aryl methyl sites for hydroxylation is 1. The topological polar surface area (TPSA) is 82.1 Å². The van der Waals surface area contributed by atoms with E-state index in [1.54, 1.807) is 0 Å². The van der Waals surface area contributed by atoms with E-state index in [0.29, 0.717) is 24.2 Å². The van der Waals surface area contributed by atoms with Crippen LogP contribution >= 0.6 is 7.60 Å². The molecule has 6 nitrogen and oxygen atoms in total. The molecule has 0 saturated carbocycles. The predicted molar refractivity (Wildman–Crippen MR) is 128 cm³/mol. The fourth-order valence-electron chi connectivity index (χ4n) is 4.13. The van der Waals surface area contributed by atoms with Gasteiger partial charge in [-0.2, -0.15) is 0 Å². The summed E-state index contributed by atoms with van der Waals surface area (Å²) >= 11 is 0. The Labute approximate surface area is 192 Å². The number of esters is 1. The lowest BCUT2D eigenvalue weighted by molar-refractivity contribution is -0.141. The van der Waals surface area contributed by atoms with Crippen LogP contribution in [0.3, 0.4) is 0 Å². The largest absolute Gasteiger partial charge is 0.507 e. The van der Waals surface area contributed by atoms with Crippen LogP contribution in [-0.4, -0.2) is 31.0 Å². The fourth-order valence-corrected chi connectivity index (χ4v) is 5.54. The summed E-state index contributed by atoms with van der Waals surface area (Å²) in [5.74, 6) is 0.352. The van der Waals surface area contributed by atoms with Crippen LogP contribution in [0.4, 0.5) is 0 Å². The molecule has 1 aromatic carbocycles. The minimum Gasteiger partial charge on any atom is -0.507 e. The Morgan fingerprint density at radius 3 is 2.66 bits per heavy atom. The molecule has 0 radical (unpaired) electrons. The van der Waals surface area contributed by atoms with E-state index in [-0.39, 0.29) is 30.4 Å². The number of unbranched alkanes of at least 4 members (excludes halogenated alkanes) is 3. The highest BCUT2D eigenvalue weighted by Crippen LogP contribution is 2.52. The molecule has 7 heteroatoms. The summed E-state index contributed by atoms with van der Waals surface area (Å²) in [4.78, 5) is 10.9. The van der Waals surface area contributed by atoms with Gasteiger partial charge in [0.2, 0.25) is 0 Å². The van der Waals surface area contributed by atoms with Crippen molar-refractivity contribution in [3.8, 4) is 11.5 Å². The van der Waals surface area contributed by atoms with E-state index in [1.807, 2.05) is 12.1 Å². The number of hydrogen-bond acceptors (Lipinski definition) is 6. The number of allylic oxidation sites excluding steroid dienone is 2. The van der Waals surface area contributed by atoms with E-state index < -0.39 is 7.60 Å². The molecule has 1 aliphatic rings. The molecule has 0 fully saturated rings. The van der Waals surface area contributed by atoms with Gasteiger partial charge in [-0.3, -0.25) is 4.79 Å². The third-order valence-electron chi connectivity index (χ3n) is 5.84. The molecule has 1 aromatic rings. The van der Waals surface area contributed by atoms with Crippen molar-refractivity contribution in [2.75, 3.05) is 19.9 Å². The van der Waals surface area contributed by atoms with Crippen LogP contribution in [0, 0.1) is 0 Å². The first-order valence-electron chi connectivity index (χ1n) is 11.8. The quantitative estimate of drug-likeness (QED) is 0.147. The van der Waals surface area contributed by atoms with Crippen molar-refractivity contribution in [3.63, 3.8) is 0 Å². The van der Waals surface area contributed by atoms with E-state index in [4.69, 9.17) is 13.8 Å². The second-order valence-corrected chi connectivity index (χ2v) is 10.9. The summed E-state index contributed by atoms with van der Waals surface area (Å²) in [6.45, 7) is 5.91. The van der Waals surface area contributed by atoms with Gasteiger partial charge >= 0.3 is 13.6 Å². The number of hydrogen-bond donors (Lipinski definition) is 1. The van der Waals surface area contributed by atoms with Gasteiger partial charge in [-0.25, -0.2) is 4.57 Å². The summed E-state index contributed by atoms with van der Waals surface area (Å²) in [6, 6.07) is 3.75. The lowest BCUT2D eigenvalue weighted by atomic mass is 9.84. The van der Waals surface area contributed by atoms with Crippen molar-refractivity contribution in [1.82, 2.24) is 0 Å². The van der Waals surface area contributed by atoms with Crippen LogP contribution in [0.1, 0.15) is 89.2 Å². The molecule has 180 valence electrons. The zero-order valence-electron chi connectivity index (χ0n) is 20.0. The van der Waals surface area contributed by atoms with E-state index in [9.17, 15) is 14.5 Å². The molecular weight excluding hydrogens is 427 g/mol. The number of ether oxygens (including phenoxy) is 1. The smallest absolute Gasteiger partial charge is 0.378 e. The van der Waals surface area contributed by atoms with Crippen molar-refractivity contribution in [2.45, 2.75) is 84.5 Å². The van der Waals surface area contributed by atoms with Crippen molar-refractivity contribution < 1.29 is 28.3 Å². The van der Waals surface area contributed by atoms with Gasteiger partial charge < -0.3 is 18.9 Å². The minimum absolute atomic E-state index is 0.0257. The average molecular weight is 467 g/mol. The van der Waals surface area contributed by atoms with Crippen LogP contribution in [-0.2, 0) is 25.0 Å². The lowest BCUT2D eigenvalue weighted by Gasteiger charge is -2.26. The molecule has 0 spiro atoms. The number of phenols is 1. The van der Waals surface area contributed by atoms with Crippen molar-refractivity contribution >= 4 is 13.6 Å². The standard InChI is InChI=1S/C25H39O6P/c1-5-6-7-12-21-17-23(27)25(22-13-10-11-19(2)16-22)24(18-21)31-32(28,29-4)15-9-8-14-30-20(3)26/h16-18,22,27H,5-15H2,1-4H3. The van der Waals surface area contributed by atoms with E-state index in [1.165, 1.54) is 19.6 Å². The highest BCUT2D eigenvalue weighted by atomic mass is 31.2. The minimum atomic E-state index is -3.42. The Bertz CT molecular complexity index is 832. The number of carbonyl (C=O) groups excluding carboxylic acids is 1. The van der Waals surface area contributed by atoms with Crippen LogP contribution in [0.25, 0.3) is 0 Å². The van der Waals surface area contributed by atoms with E-state index in [2.05, 4.69) is 19.9 Å². The highest BCUT2D eigenvalue weighted by molar-refractivity contribution is 7.54. The molecule has 2 unspecified atom stereocenters. The molecule has 1 N–H and O–H groups in total. The van der Waals surface area contributed by atoms with Crippen molar-refractivity contribution in [1.29, 1.82) is 0 Å². The molecule has 2 atom stereocenters. The Hall–Kier alpha value is -1.78. The Morgan fingerprint density at radius 2 is 2.00 bits per heavy atom. The van der Waals surface area contributed by atoms with Gasteiger partial charge in [0.15, 0.2) is 0 Å². The highest BCUT2D eigenvalue weighted by Gasteiger charge is 2.29. The van der Waals surface area contributed by atoms with Crippen molar-refractivity contribution in [2.24, 2.45) is 0 Å². The van der Waals surface area contributed by atoms with Crippen LogP contribution in [0.15, 0.2) is 23.8 Å². The predicted octanol–water partition coefficient (Wildman–Crippen LogP) is 6.90. The second-order valence-electron chi connectivity index (χ2n) is 8.65. The summed E-state index contributed by atoms with van der Waals surface area (Å²) in [7, 11) is -2.03. The molecular formula is C25H39O6P. The number of benzene rings is 1. The van der Waals surface area contributed by atoms with Gasteiger partial charge in [-0.15, -0.1) is 0 Å². The molecule has 0 aliphatic heterocycles. The number of phenolic OH excluding ortho intramolecular Hbond substituents is 1. The van der Waals surface area contributed by atoms with Crippen LogP contribution in [0.2, 0.25) is 0 Å². The Morgan fingerprint density at radius 1 is 1.22 bits per heavy atom. The maximum atomic E-state index is 13.4. The first-order valence-corrected chi connectivity index (χ1v) is 13.5. The van der Waals surface area contributed by atoms with Crippen LogP contribution in [0.5, 0.6) is 11.5 Å². The van der Waals surface area contributed by atoms with Gasteiger partial charge in [0.25, 0.3) is 0 Å². The Balaban J connectivity index is 2.27. The SMILES string of the molecule is CCCCCc1cc(O)c(C2C=C(C)CCC2)c(OP(=O)(CCCCOC(C)=O)OC)c1. The number of carbonyl (C=O) groups is 1. The summed E-state index contributed by atoms with van der Waals surface area (Å²) in [6.07, 6.45) is 10.6. The van der Waals surface area contributed by atoms with Crippen LogP contribution < -0.4 is 4.52 Å². The molecule has 2 rings (SSSR count). The number of aromatic hydroxyl groups is 1. The molecule has 32 heavy (non-hydrogen) atoms. The normalized spacial score (nSPS) is 18.0. The van der Waals surface area contributed by atoms with E-state index >= 15 is 0 Å². The van der Waals surface area contributed by atoms with Crippen molar-refractivity contribution in [3.05, 3.63) is 34.9 Å². The first kappa shape index (κ1) is 26.5. The Kier molecular flexibility index (Phi) is 10.8. The molecule has 0 bridgehead atoms. The van der Waals surface area contributed by atoms with E-state index in [0.717, 1.165) is 50.5 Å². The molecule has 0 saturated heterocycles. The number of rotatable bonds is 13. The zero-order chi connectivity index (χ0) is 23.6. The molecule has 0 heterocycles. The zero-order valence-corrected chi connectivity index (χ0v) is 20.9. The summed E-state index contributed by atoms with van der Waals surface area (Å²) in [5, 5.41) is 10.9. The maximum absolute atomic E-state index is 13.4. The summed E-state index contributed by atoms with van der Waals surface area (Å²) < 4.78 is 29.7. The molecule has 0 amide bonds. The lowest BCUT2D eigenvalue weighted by Crippen LogP contribution is -2.08. The van der Waals surface area contributed by atoms with Gasteiger partial charge in [0.05, 0.1) is 12.8 Å². The molecule has 0 aromatic heterocycles. The fraction of sp³-hybridized carbons (Fsp3) is 0.640. The van der Waals surface area contributed by atoms with Gasteiger partial charge in [0.1, 0.15) is 11.5 Å². The molecule has 1 aliphatic carbocycles. The maximum Gasteiger partial charge on any atom is 0.378 e. The third kappa shape index (κ3) is 8.29. The van der Waals surface area contributed by atoms with Gasteiger partial charge in [-0.1, -0.05) is 31.4 Å². The first-order chi connectivity index (χ1) is 15.3. The third-order valence-corrected chi connectivity index (χ3v) is 7.73. The average Bonchev–Trinajstić information content (AvgIpc) is 2.73. The van der Waals surface area contributed by atoms with Gasteiger partial charge in [0, 0.05) is 25.5 Å². The monoisotopic (exact) mass is 466 g/mol.